The van der Waals surface area contributed by atoms with Crippen molar-refractivity contribution in [3.63, 3.8) is 0 Å². The Labute approximate surface area is 150 Å². The molecule has 138 valence electrons. The molecule has 1 aliphatic heterocycles. The van der Waals surface area contributed by atoms with Crippen molar-refractivity contribution in [3.05, 3.63) is 35.4 Å². The van der Waals surface area contributed by atoms with Gasteiger partial charge in [0.2, 0.25) is 0 Å². The number of fused-ring (bicyclic) bond motifs is 1. The first-order valence-corrected chi connectivity index (χ1v) is 9.58. The molecule has 0 bridgehead atoms. The number of rotatable bonds is 6. The van der Waals surface area contributed by atoms with Crippen LogP contribution in [-0.4, -0.2) is 47.9 Å². The molecule has 25 heavy (non-hydrogen) atoms. The van der Waals surface area contributed by atoms with Crippen molar-refractivity contribution in [1.29, 1.82) is 0 Å². The van der Waals surface area contributed by atoms with Gasteiger partial charge in [-0.15, -0.1) is 0 Å². The monoisotopic (exact) mass is 346 g/mol. The highest BCUT2D eigenvalue weighted by Crippen LogP contribution is 2.34. The average molecular weight is 346 g/mol. The number of carbonyl (C=O) groups excluding carboxylic acids is 1. The molecule has 1 aromatic carbocycles. The number of hydrogen-bond donors (Lipinski definition) is 2. The summed E-state index contributed by atoms with van der Waals surface area (Å²) in [5, 5.41) is 12.4. The normalized spacial score (nSPS) is 23.8. The second-order valence-electron chi connectivity index (χ2n) is 7.17. The molecule has 1 saturated heterocycles. The molecule has 3 rings (SSSR count). The Bertz CT molecular complexity index is 572. The number of aliphatic hydroxyl groups is 1. The maximum Gasteiger partial charge on any atom is 0.318 e. The third kappa shape index (κ3) is 4.33. The molecule has 1 fully saturated rings. The third-order valence-corrected chi connectivity index (χ3v) is 5.41. The molecule has 1 aliphatic carbocycles. The molecule has 0 spiro atoms. The third-order valence-electron chi connectivity index (χ3n) is 5.41. The number of ether oxygens (including phenoxy) is 1. The lowest BCUT2D eigenvalue weighted by atomic mass is 9.87. The maximum absolute atomic E-state index is 13.0. The van der Waals surface area contributed by atoms with E-state index in [2.05, 4.69) is 23.5 Å². The molecular formula is C20H30N2O3. The Hall–Kier alpha value is -1.59. The van der Waals surface area contributed by atoms with Crippen molar-refractivity contribution >= 4 is 6.03 Å². The van der Waals surface area contributed by atoms with Crippen LogP contribution in [0.15, 0.2) is 24.3 Å². The van der Waals surface area contributed by atoms with E-state index in [1.54, 1.807) is 0 Å². The molecule has 5 heteroatoms. The Kier molecular flexibility index (Phi) is 6.32. The summed E-state index contributed by atoms with van der Waals surface area (Å²) in [6.45, 7) is 3.47. The number of nitrogens with one attached hydrogen (secondary N) is 1. The molecule has 1 heterocycles. The summed E-state index contributed by atoms with van der Waals surface area (Å²) in [7, 11) is 0. The van der Waals surface area contributed by atoms with E-state index in [9.17, 15) is 9.90 Å². The molecule has 0 unspecified atom stereocenters. The first-order valence-electron chi connectivity index (χ1n) is 9.58. The molecule has 1 aromatic rings. The molecule has 2 aliphatic rings. The average Bonchev–Trinajstić information content (AvgIpc) is 3.17. The summed E-state index contributed by atoms with van der Waals surface area (Å²) in [5.41, 5.74) is 2.60. The molecule has 0 radical (unpaired) electrons. The summed E-state index contributed by atoms with van der Waals surface area (Å²) in [6, 6.07) is 8.48. The fourth-order valence-electron chi connectivity index (χ4n) is 4.06. The van der Waals surface area contributed by atoms with E-state index in [-0.39, 0.29) is 30.8 Å². The van der Waals surface area contributed by atoms with Crippen LogP contribution < -0.4 is 5.32 Å². The van der Waals surface area contributed by atoms with Gasteiger partial charge in [0.05, 0.1) is 18.2 Å². The predicted octanol–water partition coefficient (Wildman–Crippen LogP) is 3.03. The molecule has 0 saturated carbocycles. The van der Waals surface area contributed by atoms with E-state index in [0.717, 1.165) is 38.7 Å². The maximum atomic E-state index is 13.0. The van der Waals surface area contributed by atoms with Crippen LogP contribution in [-0.2, 0) is 11.2 Å². The lowest BCUT2D eigenvalue weighted by molar-refractivity contribution is 0.0807. The van der Waals surface area contributed by atoms with E-state index in [1.165, 1.54) is 11.1 Å². The quantitative estimate of drug-likeness (QED) is 0.832. The Morgan fingerprint density at radius 2 is 2.20 bits per heavy atom. The fraction of sp³-hybridized carbons (Fsp3) is 0.650. The summed E-state index contributed by atoms with van der Waals surface area (Å²) < 4.78 is 5.70. The van der Waals surface area contributed by atoms with E-state index in [4.69, 9.17) is 4.74 Å². The lowest BCUT2D eigenvalue weighted by Crippen LogP contribution is -2.49. The topological polar surface area (TPSA) is 61.8 Å². The Morgan fingerprint density at radius 3 is 2.96 bits per heavy atom. The summed E-state index contributed by atoms with van der Waals surface area (Å²) in [5.74, 6) is 0. The van der Waals surface area contributed by atoms with Crippen molar-refractivity contribution in [3.8, 4) is 0 Å². The molecule has 3 atom stereocenters. The zero-order chi connectivity index (χ0) is 17.6. The van der Waals surface area contributed by atoms with Gasteiger partial charge in [-0.1, -0.05) is 24.3 Å². The van der Waals surface area contributed by atoms with E-state index in [1.807, 2.05) is 17.9 Å². The number of aryl methyl sites for hydroxylation is 1. The van der Waals surface area contributed by atoms with Gasteiger partial charge < -0.3 is 20.1 Å². The Morgan fingerprint density at radius 1 is 1.36 bits per heavy atom. The first kappa shape index (κ1) is 18.2. The standard InChI is InChI=1S/C20H30N2O3/c1-15(19-11-5-14-25-19)21-20(24)22(12-6-13-23)18-10-4-8-16-7-2-3-9-17(16)18/h2-3,7,9,15,18-19,23H,4-6,8,10-14H2,1H3,(H,21,24)/t15-,18+,19-/m0/s1. The van der Waals surface area contributed by atoms with E-state index >= 15 is 0 Å². The van der Waals surface area contributed by atoms with Gasteiger partial charge in [0, 0.05) is 19.8 Å². The molecular weight excluding hydrogens is 316 g/mol. The van der Waals surface area contributed by atoms with Crippen LogP contribution in [0.25, 0.3) is 0 Å². The van der Waals surface area contributed by atoms with Gasteiger partial charge in [0.25, 0.3) is 0 Å². The summed E-state index contributed by atoms with van der Waals surface area (Å²) in [6.07, 6.45) is 5.92. The van der Waals surface area contributed by atoms with Crippen molar-refractivity contribution in [2.75, 3.05) is 19.8 Å². The van der Waals surface area contributed by atoms with Crippen LogP contribution in [0.3, 0.4) is 0 Å². The zero-order valence-electron chi connectivity index (χ0n) is 15.1. The van der Waals surface area contributed by atoms with Gasteiger partial charge >= 0.3 is 6.03 Å². The Balaban J connectivity index is 1.74. The van der Waals surface area contributed by atoms with Crippen molar-refractivity contribution < 1.29 is 14.6 Å². The van der Waals surface area contributed by atoms with E-state index < -0.39 is 0 Å². The smallest absolute Gasteiger partial charge is 0.318 e. The lowest BCUT2D eigenvalue weighted by Gasteiger charge is -2.37. The number of benzene rings is 1. The summed E-state index contributed by atoms with van der Waals surface area (Å²) >= 11 is 0. The van der Waals surface area contributed by atoms with Crippen LogP contribution in [0.5, 0.6) is 0 Å². The molecule has 2 amide bonds. The predicted molar refractivity (Wildman–Crippen MR) is 97.5 cm³/mol. The SMILES string of the molecule is C[C@H](NC(=O)N(CCCO)[C@@H]1CCCc2ccccc21)[C@@H]1CCCO1. The number of hydrogen-bond acceptors (Lipinski definition) is 3. The molecule has 5 nitrogen and oxygen atoms in total. The largest absolute Gasteiger partial charge is 0.396 e. The van der Waals surface area contributed by atoms with Crippen molar-refractivity contribution in [1.82, 2.24) is 10.2 Å². The minimum Gasteiger partial charge on any atom is -0.396 e. The van der Waals surface area contributed by atoms with Gasteiger partial charge in [-0.3, -0.25) is 0 Å². The van der Waals surface area contributed by atoms with Crippen LogP contribution >= 0.6 is 0 Å². The molecule has 2 N–H and O–H groups in total. The number of nitrogens with zero attached hydrogens (tertiary/aromatic N) is 1. The highest BCUT2D eigenvalue weighted by atomic mass is 16.5. The number of carbonyl (C=O) groups is 1. The zero-order valence-corrected chi connectivity index (χ0v) is 15.1. The second-order valence-corrected chi connectivity index (χ2v) is 7.17. The van der Waals surface area contributed by atoms with Crippen molar-refractivity contribution in [2.45, 2.75) is 63.6 Å². The van der Waals surface area contributed by atoms with Crippen molar-refractivity contribution in [2.24, 2.45) is 0 Å². The van der Waals surface area contributed by atoms with Crippen LogP contribution in [0, 0.1) is 0 Å². The van der Waals surface area contributed by atoms with E-state index in [0.29, 0.717) is 13.0 Å². The highest BCUT2D eigenvalue weighted by molar-refractivity contribution is 5.75. The highest BCUT2D eigenvalue weighted by Gasteiger charge is 2.31. The number of amides is 2. The minimum absolute atomic E-state index is 0.00506. The van der Waals surface area contributed by atoms with Gasteiger partial charge in [-0.2, -0.15) is 0 Å². The van der Waals surface area contributed by atoms with Crippen LogP contribution in [0.1, 0.15) is 56.2 Å². The van der Waals surface area contributed by atoms with Gasteiger partial charge in [0.15, 0.2) is 0 Å². The number of aliphatic hydroxyl groups excluding tert-OH is 1. The van der Waals surface area contributed by atoms with Gasteiger partial charge in [-0.05, 0) is 56.6 Å². The molecule has 0 aromatic heterocycles. The second kappa shape index (κ2) is 8.68. The van der Waals surface area contributed by atoms with Crippen LogP contribution in [0.4, 0.5) is 4.79 Å². The van der Waals surface area contributed by atoms with Gasteiger partial charge in [0.1, 0.15) is 0 Å². The fourth-order valence-corrected chi connectivity index (χ4v) is 4.06. The summed E-state index contributed by atoms with van der Waals surface area (Å²) in [4.78, 5) is 14.9. The van der Waals surface area contributed by atoms with Gasteiger partial charge in [-0.25, -0.2) is 4.79 Å². The first-order chi connectivity index (χ1) is 12.2. The number of urea groups is 1. The van der Waals surface area contributed by atoms with Crippen LogP contribution in [0.2, 0.25) is 0 Å². The minimum atomic E-state index is -0.0434.